The molecular formula is C14H13N3O3. The maximum atomic E-state index is 12.0. The first-order valence-corrected chi connectivity index (χ1v) is 5.82. The van der Waals surface area contributed by atoms with E-state index in [4.69, 9.17) is 10.8 Å². The lowest BCUT2D eigenvalue weighted by molar-refractivity contribution is 0.102. The van der Waals surface area contributed by atoms with Crippen molar-refractivity contribution in [3.05, 3.63) is 54.1 Å². The zero-order chi connectivity index (χ0) is 14.5. The van der Waals surface area contributed by atoms with E-state index in [1.54, 1.807) is 24.3 Å². The zero-order valence-corrected chi connectivity index (χ0v) is 10.5. The average molecular weight is 271 g/mol. The number of nitrogens with one attached hydrogen (secondary N) is 2. The van der Waals surface area contributed by atoms with Gasteiger partial charge >= 0.3 is 6.09 Å². The van der Waals surface area contributed by atoms with Gasteiger partial charge in [-0.05, 0) is 36.4 Å². The van der Waals surface area contributed by atoms with Crippen LogP contribution in [0, 0.1) is 0 Å². The number of nitrogen functional groups attached to an aromatic ring is 1. The summed E-state index contributed by atoms with van der Waals surface area (Å²) >= 11 is 0. The molecule has 0 aliphatic rings. The SMILES string of the molecule is Nc1ccccc1NC(=O)c1ccc(NC(=O)O)cc1. The third kappa shape index (κ3) is 3.26. The molecule has 0 heterocycles. The lowest BCUT2D eigenvalue weighted by Gasteiger charge is -2.08. The van der Waals surface area contributed by atoms with Crippen LogP contribution >= 0.6 is 0 Å². The molecule has 5 N–H and O–H groups in total. The van der Waals surface area contributed by atoms with Crippen molar-refractivity contribution in [3.63, 3.8) is 0 Å². The summed E-state index contributed by atoms with van der Waals surface area (Å²) in [4.78, 5) is 22.5. The van der Waals surface area contributed by atoms with Crippen molar-refractivity contribution in [2.24, 2.45) is 0 Å². The Morgan fingerprint density at radius 3 is 2.20 bits per heavy atom. The number of carbonyl (C=O) groups excluding carboxylic acids is 1. The predicted octanol–water partition coefficient (Wildman–Crippen LogP) is 2.61. The van der Waals surface area contributed by atoms with E-state index in [0.29, 0.717) is 22.6 Å². The summed E-state index contributed by atoms with van der Waals surface area (Å²) in [5, 5.41) is 13.4. The molecule has 0 spiro atoms. The molecule has 0 aromatic heterocycles. The molecule has 0 aliphatic carbocycles. The highest BCUT2D eigenvalue weighted by Gasteiger charge is 2.08. The van der Waals surface area contributed by atoms with Crippen molar-refractivity contribution in [1.82, 2.24) is 0 Å². The third-order valence-corrected chi connectivity index (χ3v) is 2.61. The Kier molecular flexibility index (Phi) is 3.85. The van der Waals surface area contributed by atoms with Crippen molar-refractivity contribution in [1.29, 1.82) is 0 Å². The maximum absolute atomic E-state index is 12.0. The predicted molar refractivity (Wildman–Crippen MR) is 76.9 cm³/mol. The smallest absolute Gasteiger partial charge is 0.409 e. The topological polar surface area (TPSA) is 104 Å². The Hall–Kier alpha value is -3.02. The summed E-state index contributed by atoms with van der Waals surface area (Å²) in [5.74, 6) is -0.315. The summed E-state index contributed by atoms with van der Waals surface area (Å²) in [6.45, 7) is 0. The van der Waals surface area contributed by atoms with E-state index in [1.165, 1.54) is 24.3 Å². The maximum Gasteiger partial charge on any atom is 0.409 e. The Labute approximate surface area is 115 Å². The lowest BCUT2D eigenvalue weighted by Crippen LogP contribution is -2.13. The van der Waals surface area contributed by atoms with Crippen LogP contribution in [0.25, 0.3) is 0 Å². The molecule has 2 amide bonds. The van der Waals surface area contributed by atoms with Crippen molar-refractivity contribution >= 4 is 29.1 Å². The summed E-state index contributed by atoms with van der Waals surface area (Å²) < 4.78 is 0. The molecule has 2 aromatic rings. The fraction of sp³-hybridized carbons (Fsp3) is 0. The number of benzene rings is 2. The Balaban J connectivity index is 2.10. The van der Waals surface area contributed by atoms with Gasteiger partial charge in [-0.3, -0.25) is 10.1 Å². The molecule has 0 unspecified atom stereocenters. The summed E-state index contributed by atoms with van der Waals surface area (Å²) in [7, 11) is 0. The highest BCUT2D eigenvalue weighted by atomic mass is 16.4. The molecule has 102 valence electrons. The molecule has 6 heteroatoms. The van der Waals surface area contributed by atoms with Crippen LogP contribution in [0.1, 0.15) is 10.4 Å². The summed E-state index contributed by atoms with van der Waals surface area (Å²) in [6.07, 6.45) is -1.15. The van der Waals surface area contributed by atoms with Crippen molar-refractivity contribution in [2.75, 3.05) is 16.4 Å². The highest BCUT2D eigenvalue weighted by Crippen LogP contribution is 2.18. The van der Waals surface area contributed by atoms with E-state index in [1.807, 2.05) is 0 Å². The number of hydrogen-bond donors (Lipinski definition) is 4. The normalized spacial score (nSPS) is 9.80. The molecule has 0 atom stereocenters. The molecule has 0 radical (unpaired) electrons. The van der Waals surface area contributed by atoms with Crippen LogP contribution in [0.2, 0.25) is 0 Å². The van der Waals surface area contributed by atoms with E-state index < -0.39 is 6.09 Å². The van der Waals surface area contributed by atoms with Crippen LogP contribution in [0.3, 0.4) is 0 Å². The standard InChI is InChI=1S/C14H13N3O3/c15-11-3-1-2-4-12(11)17-13(18)9-5-7-10(8-6-9)16-14(19)20/h1-8,16H,15H2,(H,17,18)(H,19,20). The second-order valence-corrected chi connectivity index (χ2v) is 4.05. The first-order valence-electron chi connectivity index (χ1n) is 5.82. The Morgan fingerprint density at radius 1 is 0.950 bits per heavy atom. The van der Waals surface area contributed by atoms with Gasteiger partial charge in [-0.1, -0.05) is 12.1 Å². The van der Waals surface area contributed by atoms with Crippen LogP contribution in [0.15, 0.2) is 48.5 Å². The van der Waals surface area contributed by atoms with Gasteiger partial charge in [0.2, 0.25) is 0 Å². The number of carboxylic acid groups (broad SMARTS) is 1. The third-order valence-electron chi connectivity index (χ3n) is 2.61. The quantitative estimate of drug-likeness (QED) is 0.644. The number of amides is 2. The van der Waals surface area contributed by atoms with Gasteiger partial charge in [0.05, 0.1) is 11.4 Å². The Morgan fingerprint density at radius 2 is 1.60 bits per heavy atom. The fourth-order valence-corrected chi connectivity index (χ4v) is 1.63. The number of carbonyl (C=O) groups is 2. The van der Waals surface area contributed by atoms with Crippen LogP contribution < -0.4 is 16.4 Å². The molecule has 20 heavy (non-hydrogen) atoms. The molecule has 2 aromatic carbocycles. The van der Waals surface area contributed by atoms with Crippen LogP contribution in [-0.2, 0) is 0 Å². The largest absolute Gasteiger partial charge is 0.465 e. The molecule has 0 fully saturated rings. The van der Waals surface area contributed by atoms with Crippen LogP contribution in [0.4, 0.5) is 21.9 Å². The molecule has 0 saturated heterocycles. The number of nitrogens with two attached hydrogens (primary N) is 1. The number of anilines is 3. The van der Waals surface area contributed by atoms with Gasteiger partial charge in [-0.15, -0.1) is 0 Å². The average Bonchev–Trinajstić information content (AvgIpc) is 2.41. The van der Waals surface area contributed by atoms with Gasteiger partial charge in [-0.2, -0.15) is 0 Å². The lowest BCUT2D eigenvalue weighted by atomic mass is 10.2. The van der Waals surface area contributed by atoms with Gasteiger partial charge in [0.1, 0.15) is 0 Å². The minimum Gasteiger partial charge on any atom is -0.465 e. The second-order valence-electron chi connectivity index (χ2n) is 4.05. The molecule has 0 saturated carbocycles. The van der Waals surface area contributed by atoms with E-state index in [0.717, 1.165) is 0 Å². The second kappa shape index (κ2) is 5.75. The van der Waals surface area contributed by atoms with Crippen molar-refractivity contribution in [2.45, 2.75) is 0 Å². The highest BCUT2D eigenvalue weighted by molar-refractivity contribution is 6.06. The molecule has 6 nitrogen and oxygen atoms in total. The van der Waals surface area contributed by atoms with Gasteiger partial charge in [0.25, 0.3) is 5.91 Å². The number of hydrogen-bond acceptors (Lipinski definition) is 3. The van der Waals surface area contributed by atoms with Gasteiger partial charge in [-0.25, -0.2) is 4.79 Å². The van der Waals surface area contributed by atoms with E-state index in [9.17, 15) is 9.59 Å². The minimum absolute atomic E-state index is 0.315. The first-order chi connectivity index (χ1) is 9.56. The van der Waals surface area contributed by atoms with Gasteiger partial charge in [0, 0.05) is 11.3 Å². The molecule has 0 aliphatic heterocycles. The van der Waals surface area contributed by atoms with Gasteiger partial charge < -0.3 is 16.2 Å². The monoisotopic (exact) mass is 271 g/mol. The zero-order valence-electron chi connectivity index (χ0n) is 10.5. The van der Waals surface area contributed by atoms with Crippen LogP contribution in [0.5, 0.6) is 0 Å². The Bertz CT molecular complexity index is 638. The summed E-state index contributed by atoms with van der Waals surface area (Å²) in [5.41, 5.74) is 7.55. The number of rotatable bonds is 3. The van der Waals surface area contributed by atoms with Crippen LogP contribution in [-0.4, -0.2) is 17.1 Å². The molecular weight excluding hydrogens is 258 g/mol. The molecule has 0 bridgehead atoms. The van der Waals surface area contributed by atoms with E-state index in [-0.39, 0.29) is 5.91 Å². The van der Waals surface area contributed by atoms with E-state index >= 15 is 0 Å². The first kappa shape index (κ1) is 13.4. The van der Waals surface area contributed by atoms with Crippen molar-refractivity contribution in [3.8, 4) is 0 Å². The molecule has 2 rings (SSSR count). The fourth-order valence-electron chi connectivity index (χ4n) is 1.63. The summed E-state index contributed by atoms with van der Waals surface area (Å²) in [6, 6.07) is 13.0. The van der Waals surface area contributed by atoms with E-state index in [2.05, 4.69) is 10.6 Å². The number of para-hydroxylation sites is 2. The van der Waals surface area contributed by atoms with Crippen molar-refractivity contribution < 1.29 is 14.7 Å². The van der Waals surface area contributed by atoms with Gasteiger partial charge in [0.15, 0.2) is 0 Å². The minimum atomic E-state index is -1.15.